The first-order chi connectivity index (χ1) is 10.0. The van der Waals surface area contributed by atoms with Crippen LogP contribution in [0.3, 0.4) is 0 Å². The highest BCUT2D eigenvalue weighted by molar-refractivity contribution is 8.03. The van der Waals surface area contributed by atoms with Crippen molar-refractivity contribution in [1.82, 2.24) is 10.0 Å². The largest absolute Gasteiger partial charge is 0.338 e. The first-order valence-corrected chi connectivity index (χ1v) is 7.31. The minimum absolute atomic E-state index is 0.192. The molecule has 0 spiro atoms. The molecule has 0 aromatic heterocycles. The molecule has 0 saturated carbocycles. The van der Waals surface area contributed by atoms with Gasteiger partial charge in [0, 0.05) is 26.0 Å². The number of thioether (sulfide) groups is 1. The Labute approximate surface area is 127 Å². The Morgan fingerprint density at radius 2 is 1.57 bits per heavy atom. The van der Waals surface area contributed by atoms with Crippen molar-refractivity contribution in [2.24, 2.45) is 0 Å². The SMILES string of the molecule is CN1C(=CC=C2C(=O)N(C)N(C)C2=O)Sc2ccccc21. The van der Waals surface area contributed by atoms with Gasteiger partial charge in [0.2, 0.25) is 0 Å². The van der Waals surface area contributed by atoms with Gasteiger partial charge in [-0.05, 0) is 24.3 Å². The van der Waals surface area contributed by atoms with Crippen molar-refractivity contribution in [2.45, 2.75) is 4.90 Å². The lowest BCUT2D eigenvalue weighted by atomic mass is 10.2. The highest BCUT2D eigenvalue weighted by atomic mass is 32.2. The maximum Gasteiger partial charge on any atom is 0.277 e. The van der Waals surface area contributed by atoms with E-state index in [-0.39, 0.29) is 17.4 Å². The third-order valence-corrected chi connectivity index (χ3v) is 4.85. The van der Waals surface area contributed by atoms with Crippen LogP contribution in [0.5, 0.6) is 0 Å². The molecule has 2 aliphatic heterocycles. The van der Waals surface area contributed by atoms with E-state index in [0.717, 1.165) is 10.7 Å². The zero-order chi connectivity index (χ0) is 15.1. The van der Waals surface area contributed by atoms with Crippen molar-refractivity contribution in [3.05, 3.63) is 47.0 Å². The van der Waals surface area contributed by atoms with Gasteiger partial charge < -0.3 is 4.90 Å². The number of hydrogen-bond donors (Lipinski definition) is 0. The van der Waals surface area contributed by atoms with E-state index in [2.05, 4.69) is 6.07 Å². The lowest BCUT2D eigenvalue weighted by Gasteiger charge is -2.16. The standard InChI is InChI=1S/C15H15N3O2S/c1-16-11-6-4-5-7-12(11)21-13(16)9-8-10-14(19)17(2)18(3)15(10)20/h4-9H,1-3H3. The van der Waals surface area contributed by atoms with E-state index < -0.39 is 0 Å². The Kier molecular flexibility index (Phi) is 3.25. The second-order valence-electron chi connectivity index (χ2n) is 4.87. The maximum atomic E-state index is 12.0. The minimum Gasteiger partial charge on any atom is -0.338 e. The predicted octanol–water partition coefficient (Wildman–Crippen LogP) is 1.84. The third-order valence-electron chi connectivity index (χ3n) is 3.66. The molecule has 0 N–H and O–H groups in total. The number of amides is 2. The number of nitrogens with zero attached hydrogens (tertiary/aromatic N) is 3. The number of benzene rings is 1. The molecule has 1 fully saturated rings. The first-order valence-electron chi connectivity index (χ1n) is 6.49. The van der Waals surface area contributed by atoms with Crippen LogP contribution in [0.4, 0.5) is 5.69 Å². The molecule has 2 amide bonds. The van der Waals surface area contributed by atoms with E-state index in [1.54, 1.807) is 31.9 Å². The van der Waals surface area contributed by atoms with Gasteiger partial charge in [-0.15, -0.1) is 0 Å². The number of anilines is 1. The average molecular weight is 301 g/mol. The van der Waals surface area contributed by atoms with Crippen molar-refractivity contribution in [2.75, 3.05) is 26.0 Å². The molecule has 0 bridgehead atoms. The fourth-order valence-corrected chi connectivity index (χ4v) is 3.33. The van der Waals surface area contributed by atoms with Crippen LogP contribution in [-0.2, 0) is 9.59 Å². The van der Waals surface area contributed by atoms with Gasteiger partial charge in [0.15, 0.2) is 0 Å². The number of hydrazine groups is 1. The van der Waals surface area contributed by atoms with Crippen molar-refractivity contribution < 1.29 is 9.59 Å². The Morgan fingerprint density at radius 3 is 2.19 bits per heavy atom. The molecule has 0 unspecified atom stereocenters. The van der Waals surface area contributed by atoms with Gasteiger partial charge >= 0.3 is 0 Å². The van der Waals surface area contributed by atoms with Crippen molar-refractivity contribution >= 4 is 29.3 Å². The van der Waals surface area contributed by atoms with Crippen LogP contribution in [0.25, 0.3) is 0 Å². The summed E-state index contributed by atoms with van der Waals surface area (Å²) in [4.78, 5) is 27.2. The van der Waals surface area contributed by atoms with Gasteiger partial charge in [-0.25, -0.2) is 0 Å². The molecule has 21 heavy (non-hydrogen) atoms. The Hall–Kier alpha value is -2.21. The topological polar surface area (TPSA) is 43.9 Å². The summed E-state index contributed by atoms with van der Waals surface area (Å²) in [6.07, 6.45) is 3.43. The summed E-state index contributed by atoms with van der Waals surface area (Å²) in [5.41, 5.74) is 1.32. The molecule has 1 aromatic rings. The molecule has 2 heterocycles. The van der Waals surface area contributed by atoms with Crippen molar-refractivity contribution in [3.63, 3.8) is 0 Å². The zero-order valence-electron chi connectivity index (χ0n) is 12.0. The summed E-state index contributed by atoms with van der Waals surface area (Å²) in [7, 11) is 5.14. The van der Waals surface area contributed by atoms with Crippen LogP contribution in [0.1, 0.15) is 0 Å². The van der Waals surface area contributed by atoms with E-state index >= 15 is 0 Å². The molecule has 0 radical (unpaired) electrons. The molecular weight excluding hydrogens is 286 g/mol. The van der Waals surface area contributed by atoms with Crippen LogP contribution in [0.2, 0.25) is 0 Å². The number of fused-ring (bicyclic) bond motifs is 1. The van der Waals surface area contributed by atoms with E-state index in [1.807, 2.05) is 36.2 Å². The summed E-state index contributed by atoms with van der Waals surface area (Å²) in [5.74, 6) is -0.551. The smallest absolute Gasteiger partial charge is 0.277 e. The molecule has 0 aliphatic carbocycles. The molecule has 1 aromatic carbocycles. The van der Waals surface area contributed by atoms with Crippen molar-refractivity contribution in [1.29, 1.82) is 0 Å². The summed E-state index contributed by atoms with van der Waals surface area (Å²) in [5, 5.41) is 3.61. The van der Waals surface area contributed by atoms with Crippen molar-refractivity contribution in [3.8, 4) is 0 Å². The maximum absolute atomic E-state index is 12.0. The number of carbonyl (C=O) groups excluding carboxylic acids is 2. The Balaban J connectivity index is 1.90. The fourth-order valence-electron chi connectivity index (χ4n) is 2.28. The summed E-state index contributed by atoms with van der Waals surface area (Å²) >= 11 is 1.62. The normalized spacial score (nSPS) is 19.9. The monoisotopic (exact) mass is 301 g/mol. The van der Waals surface area contributed by atoms with E-state index in [1.165, 1.54) is 14.9 Å². The van der Waals surface area contributed by atoms with Gasteiger partial charge in [0.25, 0.3) is 11.8 Å². The molecular formula is C15H15N3O2S. The fraction of sp³-hybridized carbons (Fsp3) is 0.200. The molecule has 1 saturated heterocycles. The second-order valence-corrected chi connectivity index (χ2v) is 5.93. The van der Waals surface area contributed by atoms with Crippen LogP contribution in [-0.4, -0.2) is 43.0 Å². The highest BCUT2D eigenvalue weighted by Gasteiger charge is 2.35. The summed E-state index contributed by atoms with van der Waals surface area (Å²) < 4.78 is 0. The molecule has 108 valence electrons. The molecule has 0 atom stereocenters. The molecule has 3 rings (SSSR count). The zero-order valence-corrected chi connectivity index (χ0v) is 12.8. The predicted molar refractivity (Wildman–Crippen MR) is 82.4 cm³/mol. The second kappa shape index (κ2) is 4.96. The number of hydrogen-bond acceptors (Lipinski definition) is 4. The number of rotatable bonds is 1. The Morgan fingerprint density at radius 1 is 0.952 bits per heavy atom. The summed E-state index contributed by atoms with van der Waals surface area (Å²) in [6.45, 7) is 0. The quantitative estimate of drug-likeness (QED) is 0.586. The van der Waals surface area contributed by atoms with Gasteiger partial charge in [-0.3, -0.25) is 19.6 Å². The number of carbonyl (C=O) groups is 2. The number of likely N-dealkylation sites (N-methyl/N-ethyl adjacent to an activating group) is 2. The first kappa shape index (κ1) is 13.8. The lowest BCUT2D eigenvalue weighted by Crippen LogP contribution is -2.33. The van der Waals surface area contributed by atoms with Crippen LogP contribution >= 0.6 is 11.8 Å². The van der Waals surface area contributed by atoms with E-state index in [0.29, 0.717) is 0 Å². The average Bonchev–Trinajstić information content (AvgIpc) is 2.90. The van der Waals surface area contributed by atoms with Gasteiger partial charge in [-0.2, -0.15) is 0 Å². The number of para-hydroxylation sites is 1. The lowest BCUT2D eigenvalue weighted by molar-refractivity contribution is -0.141. The van der Waals surface area contributed by atoms with E-state index in [4.69, 9.17) is 0 Å². The summed E-state index contributed by atoms with van der Waals surface area (Å²) in [6, 6.07) is 8.09. The molecule has 2 aliphatic rings. The molecule has 5 nitrogen and oxygen atoms in total. The van der Waals surface area contributed by atoms with Gasteiger partial charge in [0.1, 0.15) is 5.57 Å². The molecule has 6 heteroatoms. The van der Waals surface area contributed by atoms with E-state index in [9.17, 15) is 9.59 Å². The highest BCUT2D eigenvalue weighted by Crippen LogP contribution is 2.44. The van der Waals surface area contributed by atoms with Gasteiger partial charge in [-0.1, -0.05) is 23.9 Å². The van der Waals surface area contributed by atoms with Gasteiger partial charge in [0.05, 0.1) is 10.7 Å². The third kappa shape index (κ3) is 2.12. The Bertz CT molecular complexity index is 674. The number of allylic oxidation sites excluding steroid dienone is 2. The minimum atomic E-state index is -0.275. The van der Waals surface area contributed by atoms with Crippen LogP contribution in [0.15, 0.2) is 51.9 Å². The van der Waals surface area contributed by atoms with Crippen LogP contribution in [0, 0.1) is 0 Å². The van der Waals surface area contributed by atoms with Crippen LogP contribution < -0.4 is 4.90 Å².